The van der Waals surface area contributed by atoms with Gasteiger partial charge in [0.15, 0.2) is 0 Å². The van der Waals surface area contributed by atoms with Crippen LogP contribution in [0.1, 0.15) is 30.1 Å². The van der Waals surface area contributed by atoms with Crippen LogP contribution in [0.3, 0.4) is 0 Å². The van der Waals surface area contributed by atoms with E-state index in [1.807, 2.05) is 6.92 Å². The first-order chi connectivity index (χ1) is 9.52. The van der Waals surface area contributed by atoms with Gasteiger partial charge in [-0.1, -0.05) is 0 Å². The molecule has 1 heterocycles. The van der Waals surface area contributed by atoms with E-state index in [-0.39, 0.29) is 35.7 Å². The van der Waals surface area contributed by atoms with Crippen LogP contribution in [-0.4, -0.2) is 42.2 Å². The third-order valence-electron chi connectivity index (χ3n) is 3.92. The predicted molar refractivity (Wildman–Crippen MR) is 84.2 cm³/mol. The maximum Gasteiger partial charge on any atom is 0.257 e. The molecule has 118 valence electrons. The van der Waals surface area contributed by atoms with Gasteiger partial charge in [0.2, 0.25) is 0 Å². The fraction of sp³-hybridized carbons (Fsp3) is 0.533. The highest BCUT2D eigenvalue weighted by atomic mass is 35.5. The van der Waals surface area contributed by atoms with Crippen LogP contribution in [0.2, 0.25) is 0 Å². The first kappa shape index (κ1) is 17.6. The molecule has 1 amide bonds. The zero-order chi connectivity index (χ0) is 14.7. The van der Waals surface area contributed by atoms with Gasteiger partial charge in [-0.25, -0.2) is 0 Å². The molecule has 21 heavy (non-hydrogen) atoms. The van der Waals surface area contributed by atoms with Gasteiger partial charge >= 0.3 is 0 Å². The molecule has 1 saturated heterocycles. The Balaban J connectivity index is 0.00000220. The van der Waals surface area contributed by atoms with Crippen molar-refractivity contribution in [2.24, 2.45) is 11.7 Å². The van der Waals surface area contributed by atoms with Crippen molar-refractivity contribution in [2.45, 2.75) is 25.8 Å². The number of amides is 1. The summed E-state index contributed by atoms with van der Waals surface area (Å²) in [7, 11) is 1.54. The van der Waals surface area contributed by atoms with Gasteiger partial charge in [-0.05, 0) is 43.9 Å². The summed E-state index contributed by atoms with van der Waals surface area (Å²) >= 11 is 0. The maximum atomic E-state index is 12.5. The Kier molecular flexibility index (Phi) is 6.30. The van der Waals surface area contributed by atoms with Gasteiger partial charge in [0, 0.05) is 19.1 Å². The number of benzene rings is 1. The second-order valence-electron chi connectivity index (χ2n) is 5.40. The van der Waals surface area contributed by atoms with Crippen molar-refractivity contribution in [3.05, 3.63) is 23.8 Å². The number of methoxy groups -OCH3 is 1. The molecule has 0 bridgehead atoms. The number of carbonyl (C=O) groups excluding carboxylic acids is 1. The number of phenols is 1. The first-order valence-electron chi connectivity index (χ1n) is 6.94. The Labute approximate surface area is 131 Å². The zero-order valence-corrected chi connectivity index (χ0v) is 13.2. The number of phenolic OH excluding ortho intramolecular Hbond substituents is 1. The van der Waals surface area contributed by atoms with Crippen LogP contribution in [-0.2, 0) is 0 Å². The number of rotatable bonds is 3. The Bertz CT molecular complexity index is 494. The molecule has 1 aliphatic heterocycles. The molecule has 3 N–H and O–H groups in total. The Morgan fingerprint density at radius 1 is 1.52 bits per heavy atom. The molecule has 1 aromatic carbocycles. The lowest BCUT2D eigenvalue weighted by Gasteiger charge is -2.34. The Morgan fingerprint density at radius 2 is 2.24 bits per heavy atom. The molecule has 6 heteroatoms. The molecule has 0 aliphatic carbocycles. The molecular weight excluding hydrogens is 292 g/mol. The number of hydrogen-bond acceptors (Lipinski definition) is 4. The number of likely N-dealkylation sites (tertiary alicyclic amines) is 1. The highest BCUT2D eigenvalue weighted by Gasteiger charge is 2.27. The van der Waals surface area contributed by atoms with Crippen LogP contribution in [0.25, 0.3) is 0 Å². The molecule has 2 rings (SSSR count). The van der Waals surface area contributed by atoms with E-state index in [2.05, 4.69) is 0 Å². The number of aromatic hydroxyl groups is 1. The fourth-order valence-electron chi connectivity index (χ4n) is 2.61. The van der Waals surface area contributed by atoms with Gasteiger partial charge in [-0.2, -0.15) is 0 Å². The van der Waals surface area contributed by atoms with Crippen molar-refractivity contribution in [3.8, 4) is 11.5 Å². The van der Waals surface area contributed by atoms with Gasteiger partial charge in [0.25, 0.3) is 5.91 Å². The highest BCUT2D eigenvalue weighted by Crippen LogP contribution is 2.27. The summed E-state index contributed by atoms with van der Waals surface area (Å²) in [5, 5.41) is 9.88. The van der Waals surface area contributed by atoms with Crippen molar-refractivity contribution < 1.29 is 14.6 Å². The summed E-state index contributed by atoms with van der Waals surface area (Å²) in [6.45, 7) is 3.33. The van der Waals surface area contributed by atoms with E-state index < -0.39 is 0 Å². The smallest absolute Gasteiger partial charge is 0.257 e. The maximum absolute atomic E-state index is 12.5. The summed E-state index contributed by atoms with van der Waals surface area (Å²) in [5.41, 5.74) is 6.22. The standard InChI is InChI=1S/C15H22N2O3.ClH/c1-10(16)11-4-3-7-17(9-11)15(19)13-8-12(20-2)5-6-14(13)18;/h5-6,8,10-11,18H,3-4,7,9,16H2,1-2H3;1H. The lowest BCUT2D eigenvalue weighted by molar-refractivity contribution is 0.0657. The van der Waals surface area contributed by atoms with Crippen LogP contribution in [0.4, 0.5) is 0 Å². The third-order valence-corrected chi connectivity index (χ3v) is 3.92. The van der Waals surface area contributed by atoms with E-state index in [1.165, 1.54) is 13.2 Å². The van der Waals surface area contributed by atoms with E-state index in [0.29, 0.717) is 24.8 Å². The average Bonchev–Trinajstić information content (AvgIpc) is 2.47. The lowest BCUT2D eigenvalue weighted by Crippen LogP contribution is -2.45. The second-order valence-corrected chi connectivity index (χ2v) is 5.40. The monoisotopic (exact) mass is 314 g/mol. The average molecular weight is 315 g/mol. The summed E-state index contributed by atoms with van der Waals surface area (Å²) < 4.78 is 5.10. The number of nitrogens with two attached hydrogens (primary N) is 1. The van der Waals surface area contributed by atoms with E-state index in [9.17, 15) is 9.90 Å². The van der Waals surface area contributed by atoms with Gasteiger partial charge in [0.05, 0.1) is 12.7 Å². The largest absolute Gasteiger partial charge is 0.507 e. The van der Waals surface area contributed by atoms with Gasteiger partial charge < -0.3 is 20.5 Å². The molecule has 0 spiro atoms. The summed E-state index contributed by atoms with van der Waals surface area (Å²) in [4.78, 5) is 14.3. The quantitative estimate of drug-likeness (QED) is 0.895. The Hall–Kier alpha value is -1.46. The van der Waals surface area contributed by atoms with Crippen LogP contribution < -0.4 is 10.5 Å². The van der Waals surface area contributed by atoms with Crippen LogP contribution >= 0.6 is 12.4 Å². The number of ether oxygens (including phenoxy) is 1. The van der Waals surface area contributed by atoms with E-state index in [4.69, 9.17) is 10.5 Å². The second kappa shape index (κ2) is 7.52. The van der Waals surface area contributed by atoms with Gasteiger partial charge in [0.1, 0.15) is 11.5 Å². The topological polar surface area (TPSA) is 75.8 Å². The minimum absolute atomic E-state index is 0. The van der Waals surface area contributed by atoms with Crippen LogP contribution in [0, 0.1) is 5.92 Å². The molecule has 1 fully saturated rings. The molecular formula is C15H23ClN2O3. The number of piperidine rings is 1. The highest BCUT2D eigenvalue weighted by molar-refractivity contribution is 5.97. The van der Waals surface area contributed by atoms with Crippen LogP contribution in [0.5, 0.6) is 11.5 Å². The minimum Gasteiger partial charge on any atom is -0.507 e. The Morgan fingerprint density at radius 3 is 2.86 bits per heavy atom. The van der Waals surface area contributed by atoms with E-state index >= 15 is 0 Å². The van der Waals surface area contributed by atoms with Gasteiger partial charge in [-0.15, -0.1) is 12.4 Å². The third kappa shape index (κ3) is 4.02. The fourth-order valence-corrected chi connectivity index (χ4v) is 2.61. The SMILES string of the molecule is COc1ccc(O)c(C(=O)N2CCCC(C(C)N)C2)c1.Cl. The minimum atomic E-state index is -0.160. The predicted octanol–water partition coefficient (Wildman–Crippen LogP) is 2.02. The van der Waals surface area contributed by atoms with E-state index in [1.54, 1.807) is 17.0 Å². The molecule has 0 radical (unpaired) electrons. The molecule has 0 aromatic heterocycles. The summed E-state index contributed by atoms with van der Waals surface area (Å²) in [6, 6.07) is 4.77. The first-order valence-corrected chi connectivity index (χ1v) is 6.94. The number of carbonyl (C=O) groups is 1. The number of nitrogens with zero attached hydrogens (tertiary/aromatic N) is 1. The molecule has 5 nitrogen and oxygen atoms in total. The number of hydrogen-bond donors (Lipinski definition) is 2. The lowest BCUT2D eigenvalue weighted by atomic mass is 9.92. The number of halogens is 1. The van der Waals surface area contributed by atoms with Crippen molar-refractivity contribution in [3.63, 3.8) is 0 Å². The summed E-state index contributed by atoms with van der Waals surface area (Å²) in [6.07, 6.45) is 1.99. The van der Waals surface area contributed by atoms with Gasteiger partial charge in [-0.3, -0.25) is 4.79 Å². The summed E-state index contributed by atoms with van der Waals surface area (Å²) in [5.74, 6) is 0.706. The molecule has 2 unspecified atom stereocenters. The van der Waals surface area contributed by atoms with Crippen molar-refractivity contribution >= 4 is 18.3 Å². The zero-order valence-electron chi connectivity index (χ0n) is 12.4. The molecule has 1 aliphatic rings. The van der Waals surface area contributed by atoms with Crippen molar-refractivity contribution in [1.29, 1.82) is 0 Å². The molecule has 1 aromatic rings. The van der Waals surface area contributed by atoms with Crippen LogP contribution in [0.15, 0.2) is 18.2 Å². The van der Waals surface area contributed by atoms with E-state index in [0.717, 1.165) is 12.8 Å². The van der Waals surface area contributed by atoms with Crippen molar-refractivity contribution in [1.82, 2.24) is 4.90 Å². The van der Waals surface area contributed by atoms with Crippen molar-refractivity contribution in [2.75, 3.05) is 20.2 Å². The molecule has 2 atom stereocenters. The molecule has 0 saturated carbocycles. The normalized spacial score (nSPS) is 19.6.